The van der Waals surface area contributed by atoms with Crippen molar-refractivity contribution in [1.29, 1.82) is 0 Å². The molecular formula is C19H29NO3. The van der Waals surface area contributed by atoms with Gasteiger partial charge < -0.3 is 14.4 Å². The van der Waals surface area contributed by atoms with Crippen LogP contribution in [0.1, 0.15) is 52.5 Å². The van der Waals surface area contributed by atoms with E-state index >= 15 is 0 Å². The Morgan fingerprint density at radius 1 is 1.30 bits per heavy atom. The Hall–Kier alpha value is -1.71. The van der Waals surface area contributed by atoms with Crippen molar-refractivity contribution >= 4 is 11.7 Å². The molecule has 0 aliphatic carbocycles. The van der Waals surface area contributed by atoms with Gasteiger partial charge in [0.1, 0.15) is 11.8 Å². The molecular weight excluding hydrogens is 290 g/mol. The molecule has 0 unspecified atom stereocenters. The van der Waals surface area contributed by atoms with Gasteiger partial charge in [-0.05, 0) is 43.7 Å². The molecule has 23 heavy (non-hydrogen) atoms. The van der Waals surface area contributed by atoms with E-state index < -0.39 is 0 Å². The maximum absolute atomic E-state index is 12.5. The van der Waals surface area contributed by atoms with Crippen LogP contribution >= 0.6 is 0 Å². The van der Waals surface area contributed by atoms with Crippen LogP contribution in [0.15, 0.2) is 18.2 Å². The number of carbonyl (C=O) groups excluding carboxylic acids is 1. The minimum atomic E-state index is -0.312. The van der Waals surface area contributed by atoms with Gasteiger partial charge in [-0.1, -0.05) is 26.8 Å². The summed E-state index contributed by atoms with van der Waals surface area (Å²) in [4.78, 5) is 14.7. The Bertz CT molecular complexity index is 580. The average Bonchev–Trinajstić information content (AvgIpc) is 2.49. The first kappa shape index (κ1) is 17.6. The highest BCUT2D eigenvalue weighted by molar-refractivity contribution is 5.82. The second-order valence-electron chi connectivity index (χ2n) is 7.42. The largest absolute Gasteiger partial charge is 0.497 e. The normalized spacial score (nSPS) is 20.9. The lowest BCUT2D eigenvalue weighted by Gasteiger charge is -2.51. The van der Waals surface area contributed by atoms with Gasteiger partial charge in [-0.2, -0.15) is 0 Å². The van der Waals surface area contributed by atoms with E-state index in [1.54, 1.807) is 7.11 Å². The summed E-state index contributed by atoms with van der Waals surface area (Å²) in [6.07, 6.45) is 0.993. The summed E-state index contributed by atoms with van der Waals surface area (Å²) in [5, 5.41) is 0. The maximum Gasteiger partial charge on any atom is 0.328 e. The SMILES string of the molecule is COC(=O)[C@H](C(C)C)N1c2cc(OC)ccc2[C@H](C)CC1(C)C. The molecule has 0 N–H and O–H groups in total. The highest BCUT2D eigenvalue weighted by atomic mass is 16.5. The van der Waals surface area contributed by atoms with E-state index in [0.29, 0.717) is 5.92 Å². The van der Waals surface area contributed by atoms with Gasteiger partial charge in [0.05, 0.1) is 14.2 Å². The van der Waals surface area contributed by atoms with Crippen molar-refractivity contribution in [1.82, 2.24) is 0 Å². The molecule has 2 atom stereocenters. The zero-order chi connectivity index (χ0) is 17.4. The van der Waals surface area contributed by atoms with Crippen molar-refractivity contribution in [2.45, 2.75) is 58.5 Å². The Morgan fingerprint density at radius 3 is 2.48 bits per heavy atom. The Morgan fingerprint density at radius 2 is 1.96 bits per heavy atom. The van der Waals surface area contributed by atoms with Crippen LogP contribution in [0, 0.1) is 5.92 Å². The first-order valence-electron chi connectivity index (χ1n) is 8.28. The van der Waals surface area contributed by atoms with Crippen LogP contribution in [-0.4, -0.2) is 31.8 Å². The molecule has 1 aliphatic heterocycles. The van der Waals surface area contributed by atoms with E-state index in [1.807, 2.05) is 12.1 Å². The second-order valence-corrected chi connectivity index (χ2v) is 7.42. The molecule has 1 aliphatic rings. The van der Waals surface area contributed by atoms with Gasteiger partial charge >= 0.3 is 5.97 Å². The minimum Gasteiger partial charge on any atom is -0.497 e. The number of fused-ring (bicyclic) bond motifs is 1. The zero-order valence-corrected chi connectivity index (χ0v) is 15.3. The van der Waals surface area contributed by atoms with Crippen LogP contribution in [0.2, 0.25) is 0 Å². The van der Waals surface area contributed by atoms with Gasteiger partial charge in [0, 0.05) is 17.3 Å². The first-order valence-corrected chi connectivity index (χ1v) is 8.28. The summed E-state index contributed by atoms with van der Waals surface area (Å²) in [6, 6.07) is 5.85. The third kappa shape index (κ3) is 3.17. The molecule has 0 saturated carbocycles. The maximum atomic E-state index is 12.5. The van der Waals surface area contributed by atoms with Crippen LogP contribution in [0.4, 0.5) is 5.69 Å². The number of nitrogens with zero attached hydrogens (tertiary/aromatic N) is 1. The fraction of sp³-hybridized carbons (Fsp3) is 0.632. The predicted molar refractivity (Wildman–Crippen MR) is 93.2 cm³/mol. The molecule has 0 radical (unpaired) electrons. The molecule has 1 heterocycles. The van der Waals surface area contributed by atoms with Gasteiger partial charge in [0.25, 0.3) is 0 Å². The summed E-state index contributed by atoms with van der Waals surface area (Å²) < 4.78 is 10.5. The number of benzene rings is 1. The summed E-state index contributed by atoms with van der Waals surface area (Å²) in [6.45, 7) is 10.8. The first-order chi connectivity index (χ1) is 10.7. The summed E-state index contributed by atoms with van der Waals surface area (Å²) in [5.74, 6) is 1.21. The smallest absolute Gasteiger partial charge is 0.328 e. The number of rotatable bonds is 4. The fourth-order valence-electron chi connectivity index (χ4n) is 3.88. The summed E-state index contributed by atoms with van der Waals surface area (Å²) in [5.41, 5.74) is 2.21. The molecule has 0 bridgehead atoms. The Kier molecular flexibility index (Phi) is 4.92. The number of methoxy groups -OCH3 is 2. The molecule has 128 valence electrons. The van der Waals surface area contributed by atoms with E-state index in [4.69, 9.17) is 9.47 Å². The molecule has 4 heteroatoms. The number of ether oxygens (including phenoxy) is 2. The predicted octanol–water partition coefficient (Wildman–Crippen LogP) is 3.99. The molecule has 1 aromatic rings. The molecule has 0 spiro atoms. The van der Waals surface area contributed by atoms with Crippen LogP contribution in [0.25, 0.3) is 0 Å². The average molecular weight is 319 g/mol. The van der Waals surface area contributed by atoms with Crippen molar-refractivity contribution in [2.75, 3.05) is 19.1 Å². The standard InChI is InChI=1S/C19H29NO3/c1-12(2)17(18(21)23-7)20-16-10-14(22-6)8-9-15(16)13(3)11-19(20,4)5/h8-10,12-13,17H,11H2,1-7H3/t13-,17+/m1/s1. The number of esters is 1. The highest BCUT2D eigenvalue weighted by Gasteiger charge is 2.44. The molecule has 2 rings (SSSR count). The number of carbonyl (C=O) groups is 1. The van der Waals surface area contributed by atoms with Crippen molar-refractivity contribution in [3.8, 4) is 5.75 Å². The minimum absolute atomic E-state index is 0.137. The lowest BCUT2D eigenvalue weighted by atomic mass is 9.78. The van der Waals surface area contributed by atoms with Crippen LogP contribution in [0.5, 0.6) is 5.75 Å². The Balaban J connectivity index is 2.64. The number of hydrogen-bond donors (Lipinski definition) is 0. The molecule has 0 saturated heterocycles. The number of hydrogen-bond acceptors (Lipinski definition) is 4. The van der Waals surface area contributed by atoms with Gasteiger partial charge in [-0.25, -0.2) is 4.79 Å². The van der Waals surface area contributed by atoms with Crippen LogP contribution in [0.3, 0.4) is 0 Å². The summed E-state index contributed by atoms with van der Waals surface area (Å²) >= 11 is 0. The lowest BCUT2D eigenvalue weighted by Crippen LogP contribution is -2.58. The third-order valence-electron chi connectivity index (χ3n) is 4.84. The Labute approximate surface area is 139 Å². The quantitative estimate of drug-likeness (QED) is 0.787. The van der Waals surface area contributed by atoms with E-state index in [9.17, 15) is 4.79 Å². The van der Waals surface area contributed by atoms with E-state index in [-0.39, 0.29) is 23.5 Å². The fourth-order valence-corrected chi connectivity index (χ4v) is 3.88. The monoisotopic (exact) mass is 319 g/mol. The van der Waals surface area contributed by atoms with Crippen molar-refractivity contribution in [3.05, 3.63) is 23.8 Å². The zero-order valence-electron chi connectivity index (χ0n) is 15.3. The van der Waals surface area contributed by atoms with Crippen molar-refractivity contribution in [3.63, 3.8) is 0 Å². The lowest BCUT2D eigenvalue weighted by molar-refractivity contribution is -0.143. The molecule has 4 nitrogen and oxygen atoms in total. The molecule has 0 aromatic heterocycles. The van der Waals surface area contributed by atoms with E-state index in [1.165, 1.54) is 12.7 Å². The van der Waals surface area contributed by atoms with Gasteiger partial charge in [0.15, 0.2) is 0 Å². The van der Waals surface area contributed by atoms with Crippen molar-refractivity contribution < 1.29 is 14.3 Å². The molecule has 0 fully saturated rings. The van der Waals surface area contributed by atoms with Gasteiger partial charge in [-0.3, -0.25) is 0 Å². The van der Waals surface area contributed by atoms with Crippen LogP contribution in [-0.2, 0) is 9.53 Å². The van der Waals surface area contributed by atoms with E-state index in [2.05, 4.69) is 45.6 Å². The topological polar surface area (TPSA) is 38.8 Å². The molecule has 0 amide bonds. The van der Waals surface area contributed by atoms with Gasteiger partial charge in [-0.15, -0.1) is 0 Å². The van der Waals surface area contributed by atoms with Gasteiger partial charge in [0.2, 0.25) is 0 Å². The number of anilines is 1. The summed E-state index contributed by atoms with van der Waals surface area (Å²) in [7, 11) is 3.13. The van der Waals surface area contributed by atoms with E-state index in [0.717, 1.165) is 17.9 Å². The van der Waals surface area contributed by atoms with Crippen molar-refractivity contribution in [2.24, 2.45) is 5.92 Å². The highest BCUT2D eigenvalue weighted by Crippen LogP contribution is 2.46. The van der Waals surface area contributed by atoms with Crippen LogP contribution < -0.4 is 9.64 Å². The second kappa shape index (κ2) is 6.42. The third-order valence-corrected chi connectivity index (χ3v) is 4.84. The molecule has 1 aromatic carbocycles.